The maximum absolute atomic E-state index is 6.35. The molecule has 0 N–H and O–H groups in total. The van der Waals surface area contributed by atoms with Crippen LogP contribution in [0.15, 0.2) is 12.1 Å². The molecule has 1 nitrogen and oxygen atoms in total. The van der Waals surface area contributed by atoms with Crippen molar-refractivity contribution >= 4 is 23.2 Å². The molecule has 0 aliphatic heterocycles. The molecule has 0 spiro atoms. The highest BCUT2D eigenvalue weighted by molar-refractivity contribution is 6.33. The zero-order valence-corrected chi connectivity index (χ0v) is 10.2. The fraction of sp³-hybridized carbons (Fsp3) is 0.500. The van der Waals surface area contributed by atoms with Crippen LogP contribution in [0.2, 0.25) is 5.02 Å². The van der Waals surface area contributed by atoms with Crippen molar-refractivity contribution in [3.8, 4) is 5.75 Å². The summed E-state index contributed by atoms with van der Waals surface area (Å²) in [5.74, 6) is 0.918. The van der Waals surface area contributed by atoms with Gasteiger partial charge in [-0.25, -0.2) is 0 Å². The summed E-state index contributed by atoms with van der Waals surface area (Å²) >= 11 is 12.5. The lowest BCUT2D eigenvalue weighted by molar-refractivity contribution is 0.409. The minimum Gasteiger partial charge on any atom is -0.496 e. The molecule has 0 aromatic heterocycles. The normalized spacial score (nSPS) is 20.6. The number of benzene rings is 1. The largest absolute Gasteiger partial charge is 0.496 e. The van der Waals surface area contributed by atoms with Crippen LogP contribution in [-0.4, -0.2) is 7.11 Å². The summed E-state index contributed by atoms with van der Waals surface area (Å²) < 4.78 is 5.35. The van der Waals surface area contributed by atoms with Crippen molar-refractivity contribution in [2.75, 3.05) is 7.11 Å². The Labute approximate surface area is 100 Å². The van der Waals surface area contributed by atoms with Crippen LogP contribution in [0.25, 0.3) is 0 Å². The van der Waals surface area contributed by atoms with Crippen LogP contribution >= 0.6 is 23.2 Å². The molecule has 0 saturated carbocycles. The molecule has 1 unspecified atom stereocenters. The van der Waals surface area contributed by atoms with Crippen LogP contribution in [0.4, 0.5) is 0 Å². The fourth-order valence-electron chi connectivity index (χ4n) is 2.17. The molecule has 0 saturated heterocycles. The van der Waals surface area contributed by atoms with Crippen LogP contribution in [0.3, 0.4) is 0 Å². The Kier molecular flexibility index (Phi) is 3.42. The Hall–Kier alpha value is -0.400. The van der Waals surface area contributed by atoms with Gasteiger partial charge in [-0.1, -0.05) is 18.0 Å². The Balaban J connectivity index is 2.55. The number of halogens is 2. The molecule has 15 heavy (non-hydrogen) atoms. The van der Waals surface area contributed by atoms with E-state index in [2.05, 4.69) is 0 Å². The van der Waals surface area contributed by atoms with E-state index in [9.17, 15) is 0 Å². The van der Waals surface area contributed by atoms with Gasteiger partial charge >= 0.3 is 0 Å². The monoisotopic (exact) mass is 244 g/mol. The fourth-order valence-corrected chi connectivity index (χ4v) is 2.94. The first-order chi connectivity index (χ1) is 7.24. The minimum absolute atomic E-state index is 0.0325. The van der Waals surface area contributed by atoms with Gasteiger partial charge in [0.15, 0.2) is 0 Å². The third-order valence-corrected chi connectivity index (χ3v) is 3.69. The number of ether oxygens (including phenoxy) is 1. The molecule has 1 aliphatic carbocycles. The van der Waals surface area contributed by atoms with Gasteiger partial charge in [0.05, 0.1) is 12.5 Å². The molecule has 0 fully saturated rings. The summed E-state index contributed by atoms with van der Waals surface area (Å²) in [6.07, 6.45) is 4.33. The highest BCUT2D eigenvalue weighted by atomic mass is 35.5. The maximum Gasteiger partial charge on any atom is 0.122 e. The Morgan fingerprint density at radius 2 is 2.13 bits per heavy atom. The summed E-state index contributed by atoms with van der Waals surface area (Å²) in [5.41, 5.74) is 2.28. The van der Waals surface area contributed by atoms with Crippen molar-refractivity contribution in [1.29, 1.82) is 0 Å². The second-order valence-electron chi connectivity index (χ2n) is 3.86. The van der Waals surface area contributed by atoms with Crippen LogP contribution in [0, 0.1) is 0 Å². The minimum atomic E-state index is 0.0325. The first-order valence-electron chi connectivity index (χ1n) is 5.23. The van der Waals surface area contributed by atoms with Gasteiger partial charge < -0.3 is 4.74 Å². The van der Waals surface area contributed by atoms with Gasteiger partial charge in [0.2, 0.25) is 0 Å². The van der Waals surface area contributed by atoms with E-state index in [1.54, 1.807) is 7.11 Å². The van der Waals surface area contributed by atoms with Crippen LogP contribution < -0.4 is 4.74 Å². The van der Waals surface area contributed by atoms with E-state index in [1.165, 1.54) is 5.56 Å². The summed E-state index contributed by atoms with van der Waals surface area (Å²) in [6, 6.07) is 3.80. The van der Waals surface area contributed by atoms with Crippen LogP contribution in [0.5, 0.6) is 5.75 Å². The number of hydrogen-bond acceptors (Lipinski definition) is 1. The molecule has 1 atom stereocenters. The molecule has 82 valence electrons. The standard InChI is InChI=1S/C12H14Cl2O/c1-15-11-7-6-10(14)12-8(11)4-2-3-5-9(12)13/h6-7,9H,2-5H2,1H3. The molecule has 1 aromatic carbocycles. The molecular weight excluding hydrogens is 231 g/mol. The number of hydrogen-bond donors (Lipinski definition) is 0. The summed E-state index contributed by atoms with van der Waals surface area (Å²) in [6.45, 7) is 0. The maximum atomic E-state index is 6.35. The van der Waals surface area contributed by atoms with Gasteiger partial charge in [-0.3, -0.25) is 0 Å². The van der Waals surface area contributed by atoms with Crippen molar-refractivity contribution in [3.63, 3.8) is 0 Å². The molecule has 0 amide bonds. The predicted molar refractivity (Wildman–Crippen MR) is 64.2 cm³/mol. The van der Waals surface area contributed by atoms with E-state index in [-0.39, 0.29) is 5.38 Å². The van der Waals surface area contributed by atoms with E-state index in [0.29, 0.717) is 0 Å². The molecule has 1 aliphatic rings. The topological polar surface area (TPSA) is 9.23 Å². The molecular formula is C12H14Cl2O. The van der Waals surface area contributed by atoms with Gasteiger partial charge in [0.1, 0.15) is 5.75 Å². The quantitative estimate of drug-likeness (QED) is 0.527. The number of rotatable bonds is 1. The van der Waals surface area contributed by atoms with E-state index >= 15 is 0 Å². The highest BCUT2D eigenvalue weighted by Gasteiger charge is 2.22. The first-order valence-corrected chi connectivity index (χ1v) is 6.05. The van der Waals surface area contributed by atoms with Crippen molar-refractivity contribution in [1.82, 2.24) is 0 Å². The third kappa shape index (κ3) is 2.09. The van der Waals surface area contributed by atoms with Crippen molar-refractivity contribution in [3.05, 3.63) is 28.3 Å². The molecule has 0 heterocycles. The predicted octanol–water partition coefficient (Wildman–Crippen LogP) is 4.35. The van der Waals surface area contributed by atoms with E-state index in [1.807, 2.05) is 12.1 Å². The zero-order valence-electron chi connectivity index (χ0n) is 8.72. The van der Waals surface area contributed by atoms with Gasteiger partial charge in [-0.2, -0.15) is 0 Å². The molecule has 2 rings (SSSR count). The first kappa shape index (κ1) is 11.1. The van der Waals surface area contributed by atoms with Gasteiger partial charge in [0.25, 0.3) is 0 Å². The van der Waals surface area contributed by atoms with E-state index in [0.717, 1.165) is 42.0 Å². The van der Waals surface area contributed by atoms with Crippen LogP contribution in [0.1, 0.15) is 35.8 Å². The second-order valence-corrected chi connectivity index (χ2v) is 4.79. The SMILES string of the molecule is COc1ccc(Cl)c2c1CCCCC2Cl. The third-order valence-electron chi connectivity index (χ3n) is 2.93. The van der Waals surface area contributed by atoms with E-state index in [4.69, 9.17) is 27.9 Å². The van der Waals surface area contributed by atoms with Crippen molar-refractivity contribution in [2.24, 2.45) is 0 Å². The molecule has 0 bridgehead atoms. The average molecular weight is 245 g/mol. The van der Waals surface area contributed by atoms with Crippen molar-refractivity contribution in [2.45, 2.75) is 31.1 Å². The molecule has 1 aromatic rings. The van der Waals surface area contributed by atoms with E-state index < -0.39 is 0 Å². The van der Waals surface area contributed by atoms with Gasteiger partial charge in [-0.05, 0) is 37.0 Å². The molecule has 3 heteroatoms. The van der Waals surface area contributed by atoms with Crippen molar-refractivity contribution < 1.29 is 4.74 Å². The number of fused-ring (bicyclic) bond motifs is 1. The lowest BCUT2D eigenvalue weighted by Gasteiger charge is -2.15. The lowest BCUT2D eigenvalue weighted by atomic mass is 10.0. The smallest absolute Gasteiger partial charge is 0.122 e. The second kappa shape index (κ2) is 4.63. The van der Waals surface area contributed by atoms with Gasteiger partial charge in [-0.15, -0.1) is 11.6 Å². The summed E-state index contributed by atoms with van der Waals surface area (Å²) in [4.78, 5) is 0. The number of alkyl halides is 1. The molecule has 0 radical (unpaired) electrons. The average Bonchev–Trinajstić information content (AvgIpc) is 2.42. The highest BCUT2D eigenvalue weighted by Crippen LogP contribution is 2.41. The summed E-state index contributed by atoms with van der Waals surface area (Å²) in [7, 11) is 1.69. The Morgan fingerprint density at radius 3 is 2.87 bits per heavy atom. The Morgan fingerprint density at radius 1 is 1.33 bits per heavy atom. The van der Waals surface area contributed by atoms with Gasteiger partial charge in [0, 0.05) is 10.6 Å². The van der Waals surface area contributed by atoms with Crippen LogP contribution in [-0.2, 0) is 6.42 Å². The lowest BCUT2D eigenvalue weighted by Crippen LogP contribution is -1.98. The summed E-state index contributed by atoms with van der Waals surface area (Å²) in [5, 5.41) is 0.804. The zero-order chi connectivity index (χ0) is 10.8. The Bertz CT molecular complexity index is 363. The number of methoxy groups -OCH3 is 1.